The maximum Gasteiger partial charge on any atom is 0.368 e. The summed E-state index contributed by atoms with van der Waals surface area (Å²) >= 11 is 5.90. The molecule has 0 aliphatic heterocycles. The molecule has 0 spiro atoms. The Hall–Kier alpha value is -3.66. The molecule has 0 radical (unpaired) electrons. The lowest BCUT2D eigenvalue weighted by molar-refractivity contribution is 0.291. The van der Waals surface area contributed by atoms with Gasteiger partial charge in [0.15, 0.2) is 0 Å². The average molecular weight is 414 g/mol. The largest absolute Gasteiger partial charge is 0.479 e. The van der Waals surface area contributed by atoms with Crippen LogP contribution in [-0.2, 0) is 13.7 Å². The zero-order valence-corrected chi connectivity index (χ0v) is 16.3. The molecule has 0 unspecified atom stereocenters. The molecule has 0 saturated heterocycles. The minimum Gasteiger partial charge on any atom is -0.479 e. The van der Waals surface area contributed by atoms with Crippen LogP contribution in [0.25, 0.3) is 11.4 Å². The molecule has 3 aromatic heterocycles. The first-order valence-electron chi connectivity index (χ1n) is 8.53. The van der Waals surface area contributed by atoms with Crippen molar-refractivity contribution >= 4 is 11.6 Å². The van der Waals surface area contributed by atoms with E-state index in [1.54, 1.807) is 35.1 Å². The number of pyridine rings is 1. The number of benzene rings is 1. The van der Waals surface area contributed by atoms with Crippen molar-refractivity contribution in [2.75, 3.05) is 7.11 Å². The van der Waals surface area contributed by atoms with Gasteiger partial charge in [0.05, 0.1) is 12.8 Å². The van der Waals surface area contributed by atoms with Crippen molar-refractivity contribution < 1.29 is 9.47 Å². The third-order valence-electron chi connectivity index (χ3n) is 4.13. The second kappa shape index (κ2) is 7.76. The Morgan fingerprint density at radius 3 is 2.66 bits per heavy atom. The van der Waals surface area contributed by atoms with Crippen molar-refractivity contribution in [3.05, 3.63) is 69.9 Å². The topological polar surface area (TPSA) is 102 Å². The van der Waals surface area contributed by atoms with Gasteiger partial charge >= 0.3 is 5.69 Å². The summed E-state index contributed by atoms with van der Waals surface area (Å²) in [6.45, 7) is 0.187. The summed E-state index contributed by atoms with van der Waals surface area (Å²) in [7, 11) is 3.05. The third kappa shape index (κ3) is 3.69. The maximum absolute atomic E-state index is 12.2. The smallest absolute Gasteiger partial charge is 0.368 e. The number of hydrogen-bond donors (Lipinski definition) is 0. The van der Waals surface area contributed by atoms with Crippen molar-refractivity contribution in [1.29, 1.82) is 0 Å². The van der Waals surface area contributed by atoms with Gasteiger partial charge in [-0.05, 0) is 28.6 Å². The van der Waals surface area contributed by atoms with Crippen LogP contribution in [0, 0.1) is 0 Å². The molecular weight excluding hydrogens is 398 g/mol. The fourth-order valence-corrected chi connectivity index (χ4v) is 2.85. The Balaban J connectivity index is 1.56. The van der Waals surface area contributed by atoms with Gasteiger partial charge in [-0.2, -0.15) is 14.3 Å². The molecule has 1 aromatic carbocycles. The predicted octanol–water partition coefficient (Wildman–Crippen LogP) is 1.79. The number of nitrogens with zero attached hydrogens (tertiary/aromatic N) is 7. The second-order valence-electron chi connectivity index (χ2n) is 5.98. The molecule has 0 aliphatic carbocycles. The van der Waals surface area contributed by atoms with Crippen molar-refractivity contribution in [3.8, 4) is 23.1 Å². The first-order valence-corrected chi connectivity index (χ1v) is 8.91. The maximum atomic E-state index is 12.2. The van der Waals surface area contributed by atoms with Crippen LogP contribution in [0.3, 0.4) is 0 Å². The Morgan fingerprint density at radius 1 is 1.07 bits per heavy atom. The lowest BCUT2D eigenvalue weighted by Crippen LogP contribution is -2.23. The van der Waals surface area contributed by atoms with Gasteiger partial charge in [-0.25, -0.2) is 9.48 Å². The summed E-state index contributed by atoms with van der Waals surface area (Å²) in [6, 6.07) is 12.4. The molecular formula is C18H16ClN7O3. The van der Waals surface area contributed by atoms with Gasteiger partial charge < -0.3 is 9.47 Å². The minimum atomic E-state index is -0.343. The average Bonchev–Trinajstić information content (AvgIpc) is 3.33. The molecule has 0 fully saturated rings. The zero-order chi connectivity index (χ0) is 20.4. The SMILES string of the molecule is COc1nc(Cl)ccc1-n1ccc(OCc2ccccc2-n2nnn(C)c2=O)n1. The van der Waals surface area contributed by atoms with Gasteiger partial charge in [0, 0.05) is 24.9 Å². The molecule has 0 atom stereocenters. The number of hydrogen-bond acceptors (Lipinski definition) is 7. The van der Waals surface area contributed by atoms with E-state index in [1.807, 2.05) is 18.2 Å². The van der Waals surface area contributed by atoms with E-state index in [1.165, 1.54) is 18.8 Å². The number of aromatic nitrogens is 7. The number of para-hydroxylation sites is 1. The van der Waals surface area contributed by atoms with Gasteiger partial charge in [0.25, 0.3) is 0 Å². The molecule has 3 heterocycles. The van der Waals surface area contributed by atoms with E-state index in [9.17, 15) is 4.79 Å². The van der Waals surface area contributed by atoms with E-state index in [2.05, 4.69) is 20.5 Å². The molecule has 10 nitrogen and oxygen atoms in total. The highest BCUT2D eigenvalue weighted by atomic mass is 35.5. The molecule has 4 aromatic rings. The van der Waals surface area contributed by atoms with E-state index >= 15 is 0 Å². The van der Waals surface area contributed by atoms with Gasteiger partial charge in [-0.15, -0.1) is 5.10 Å². The fourth-order valence-electron chi connectivity index (χ4n) is 2.71. The molecule has 29 heavy (non-hydrogen) atoms. The van der Waals surface area contributed by atoms with E-state index < -0.39 is 0 Å². The van der Waals surface area contributed by atoms with Crippen LogP contribution >= 0.6 is 11.6 Å². The minimum absolute atomic E-state index is 0.187. The monoisotopic (exact) mass is 413 g/mol. The first-order chi connectivity index (χ1) is 14.1. The summed E-state index contributed by atoms with van der Waals surface area (Å²) in [5, 5.41) is 12.3. The Morgan fingerprint density at radius 2 is 1.90 bits per heavy atom. The van der Waals surface area contributed by atoms with Gasteiger partial charge in [0.1, 0.15) is 17.4 Å². The van der Waals surface area contributed by atoms with Gasteiger partial charge in [-0.3, -0.25) is 0 Å². The number of tetrazole rings is 1. The molecule has 0 amide bonds. The Kier molecular flexibility index (Phi) is 5.00. The van der Waals surface area contributed by atoms with E-state index in [4.69, 9.17) is 21.1 Å². The molecule has 0 bridgehead atoms. The summed E-state index contributed by atoms with van der Waals surface area (Å²) in [4.78, 5) is 16.3. The van der Waals surface area contributed by atoms with Crippen LogP contribution in [0.4, 0.5) is 0 Å². The highest BCUT2D eigenvalue weighted by Crippen LogP contribution is 2.23. The van der Waals surface area contributed by atoms with Crippen LogP contribution in [0.2, 0.25) is 5.15 Å². The van der Waals surface area contributed by atoms with Crippen LogP contribution in [0.15, 0.2) is 53.5 Å². The predicted molar refractivity (Wildman–Crippen MR) is 104 cm³/mol. The zero-order valence-electron chi connectivity index (χ0n) is 15.6. The fraction of sp³-hybridized carbons (Fsp3) is 0.167. The summed E-state index contributed by atoms with van der Waals surface area (Å²) in [5.41, 5.74) is 1.63. The number of rotatable bonds is 6. The van der Waals surface area contributed by atoms with E-state index in [-0.39, 0.29) is 12.3 Å². The summed E-state index contributed by atoms with van der Waals surface area (Å²) in [6.07, 6.45) is 1.72. The lowest BCUT2D eigenvalue weighted by Gasteiger charge is -2.09. The summed E-state index contributed by atoms with van der Waals surface area (Å²) < 4.78 is 15.0. The van der Waals surface area contributed by atoms with Gasteiger partial charge in [-0.1, -0.05) is 29.8 Å². The Bertz CT molecular complexity index is 1210. The van der Waals surface area contributed by atoms with Crippen molar-refractivity contribution in [2.24, 2.45) is 7.05 Å². The highest BCUT2D eigenvalue weighted by molar-refractivity contribution is 6.29. The molecule has 0 aliphatic rings. The molecule has 0 saturated carbocycles. The normalized spacial score (nSPS) is 10.9. The number of ether oxygens (including phenoxy) is 2. The van der Waals surface area contributed by atoms with Crippen LogP contribution in [0.5, 0.6) is 11.8 Å². The third-order valence-corrected chi connectivity index (χ3v) is 4.34. The molecule has 0 N–H and O–H groups in total. The van der Waals surface area contributed by atoms with Crippen molar-refractivity contribution in [1.82, 2.24) is 34.6 Å². The number of halogens is 1. The number of methoxy groups -OCH3 is 1. The lowest BCUT2D eigenvalue weighted by atomic mass is 10.2. The molecule has 11 heteroatoms. The number of aryl methyl sites for hydroxylation is 1. The van der Waals surface area contributed by atoms with E-state index in [0.717, 1.165) is 10.2 Å². The van der Waals surface area contributed by atoms with Gasteiger partial charge in [0.2, 0.25) is 11.8 Å². The van der Waals surface area contributed by atoms with Crippen molar-refractivity contribution in [2.45, 2.75) is 6.61 Å². The molecule has 148 valence electrons. The van der Waals surface area contributed by atoms with E-state index in [0.29, 0.717) is 28.3 Å². The van der Waals surface area contributed by atoms with Crippen LogP contribution in [-0.4, -0.2) is 41.7 Å². The molecule has 4 rings (SSSR count). The summed E-state index contributed by atoms with van der Waals surface area (Å²) in [5.74, 6) is 0.739. The first kappa shape index (κ1) is 18.7. The standard InChI is InChI=1S/C18H16ClN7O3/c1-24-18(27)26(23-22-24)13-6-4-3-5-12(13)11-29-16-9-10-25(21-16)14-7-8-15(19)20-17(14)28-2/h3-10H,11H2,1-2H3. The quantitative estimate of drug-likeness (QED) is 0.444. The highest BCUT2D eigenvalue weighted by Gasteiger charge is 2.13. The van der Waals surface area contributed by atoms with Crippen LogP contribution in [0.1, 0.15) is 5.56 Å². The van der Waals surface area contributed by atoms with Crippen LogP contribution < -0.4 is 15.2 Å². The Labute approximate surface area is 169 Å². The van der Waals surface area contributed by atoms with Crippen molar-refractivity contribution in [3.63, 3.8) is 0 Å². The second-order valence-corrected chi connectivity index (χ2v) is 6.36.